The summed E-state index contributed by atoms with van der Waals surface area (Å²) in [5, 5.41) is 3.07. The number of amides is 3. The van der Waals surface area contributed by atoms with Crippen LogP contribution < -0.4 is 15.1 Å². The Balaban J connectivity index is 1.31. The van der Waals surface area contributed by atoms with Crippen molar-refractivity contribution in [1.82, 2.24) is 10.2 Å². The van der Waals surface area contributed by atoms with Crippen LogP contribution in [-0.4, -0.2) is 55.6 Å². The molecule has 0 aliphatic carbocycles. The number of carbonyl (C=O) groups is 2. The molecule has 6 heteroatoms. The number of benzene rings is 2. The second-order valence-electron chi connectivity index (χ2n) is 7.93. The topological polar surface area (TPSA) is 55.9 Å². The van der Waals surface area contributed by atoms with Crippen LogP contribution in [0.15, 0.2) is 48.5 Å². The number of hydrogen-bond acceptors (Lipinski definition) is 3. The molecule has 4 rings (SSSR count). The number of urea groups is 1. The lowest BCUT2D eigenvalue weighted by Crippen LogP contribution is -2.53. The number of carbonyl (C=O) groups excluding carboxylic acids is 2. The molecule has 2 fully saturated rings. The summed E-state index contributed by atoms with van der Waals surface area (Å²) in [5.41, 5.74) is 4.48. The van der Waals surface area contributed by atoms with Crippen molar-refractivity contribution in [2.45, 2.75) is 26.3 Å². The highest BCUT2D eigenvalue weighted by atomic mass is 16.2. The third-order valence-electron chi connectivity index (χ3n) is 5.94. The molecule has 1 N–H and O–H groups in total. The van der Waals surface area contributed by atoms with Gasteiger partial charge in [0.25, 0.3) is 0 Å². The van der Waals surface area contributed by atoms with Gasteiger partial charge in [-0.25, -0.2) is 4.79 Å². The first kappa shape index (κ1) is 19.3. The molecule has 2 aliphatic heterocycles. The molecule has 2 heterocycles. The highest BCUT2D eigenvalue weighted by Crippen LogP contribution is 2.24. The second-order valence-corrected chi connectivity index (χ2v) is 7.93. The van der Waals surface area contributed by atoms with Crippen LogP contribution in [-0.2, 0) is 4.79 Å². The molecule has 6 nitrogen and oxygen atoms in total. The summed E-state index contributed by atoms with van der Waals surface area (Å²) in [6.45, 7) is 7.63. The molecule has 152 valence electrons. The molecule has 0 spiro atoms. The summed E-state index contributed by atoms with van der Waals surface area (Å²) in [6, 6.07) is 16.1. The largest absolute Gasteiger partial charge is 0.368 e. The Morgan fingerprint density at radius 2 is 1.66 bits per heavy atom. The van der Waals surface area contributed by atoms with Gasteiger partial charge in [0.2, 0.25) is 5.91 Å². The molecule has 0 aromatic heterocycles. The summed E-state index contributed by atoms with van der Waals surface area (Å²) in [6.07, 6.45) is 0.350. The van der Waals surface area contributed by atoms with E-state index in [2.05, 4.69) is 29.3 Å². The number of hydrogen-bond donors (Lipinski definition) is 1. The first-order valence-corrected chi connectivity index (χ1v) is 10.2. The van der Waals surface area contributed by atoms with Gasteiger partial charge in [-0.05, 0) is 49.2 Å². The second kappa shape index (κ2) is 8.15. The third-order valence-corrected chi connectivity index (χ3v) is 5.94. The average molecular weight is 393 g/mol. The van der Waals surface area contributed by atoms with Gasteiger partial charge in [0.05, 0.1) is 6.04 Å². The van der Waals surface area contributed by atoms with E-state index in [0.29, 0.717) is 26.1 Å². The lowest BCUT2D eigenvalue weighted by atomic mass is 10.1. The van der Waals surface area contributed by atoms with Gasteiger partial charge < -0.3 is 20.0 Å². The molecule has 0 radical (unpaired) electrons. The van der Waals surface area contributed by atoms with Crippen LogP contribution in [0.2, 0.25) is 0 Å². The Kier molecular flexibility index (Phi) is 5.43. The molecule has 0 unspecified atom stereocenters. The normalized spacial score (nSPS) is 19.6. The summed E-state index contributed by atoms with van der Waals surface area (Å²) in [4.78, 5) is 31.1. The molecule has 1 atom stereocenters. The monoisotopic (exact) mass is 392 g/mol. The number of nitrogens with zero attached hydrogens (tertiary/aromatic N) is 3. The number of nitrogens with one attached hydrogen (secondary N) is 1. The molecule has 2 aromatic carbocycles. The Morgan fingerprint density at radius 3 is 2.34 bits per heavy atom. The standard InChI is InChI=1S/C23H28N4O2/c1-17-8-9-21(14-18(17)2)27-16-19(15-22(27)28)24-23(29)26-12-10-25(11-13-26)20-6-4-3-5-7-20/h3-9,14,19H,10-13,15-16H2,1-2H3,(H,24,29)/t19-/m1/s1. The molecule has 29 heavy (non-hydrogen) atoms. The maximum Gasteiger partial charge on any atom is 0.317 e. The van der Waals surface area contributed by atoms with Crippen molar-refractivity contribution in [1.29, 1.82) is 0 Å². The average Bonchev–Trinajstić information content (AvgIpc) is 3.10. The van der Waals surface area contributed by atoms with Gasteiger partial charge >= 0.3 is 6.03 Å². The van der Waals surface area contributed by atoms with Crippen LogP contribution in [0.25, 0.3) is 0 Å². The lowest BCUT2D eigenvalue weighted by Gasteiger charge is -2.36. The maximum atomic E-state index is 12.7. The van der Waals surface area contributed by atoms with E-state index >= 15 is 0 Å². The molecule has 2 saturated heterocycles. The Labute approximate surface area is 172 Å². The molecular weight excluding hydrogens is 364 g/mol. The molecule has 0 bridgehead atoms. The van der Waals surface area contributed by atoms with Gasteiger partial charge in [-0.15, -0.1) is 0 Å². The van der Waals surface area contributed by atoms with E-state index in [1.54, 1.807) is 4.90 Å². The van der Waals surface area contributed by atoms with E-state index in [4.69, 9.17) is 0 Å². The van der Waals surface area contributed by atoms with Gasteiger partial charge in [0, 0.05) is 50.5 Å². The SMILES string of the molecule is Cc1ccc(N2C[C@H](NC(=O)N3CCN(c4ccccc4)CC3)CC2=O)cc1C. The van der Waals surface area contributed by atoms with E-state index in [0.717, 1.165) is 18.8 Å². The van der Waals surface area contributed by atoms with Crippen molar-refractivity contribution in [3.05, 3.63) is 59.7 Å². The quantitative estimate of drug-likeness (QED) is 0.874. The van der Waals surface area contributed by atoms with E-state index in [-0.39, 0.29) is 18.0 Å². The van der Waals surface area contributed by atoms with Crippen LogP contribution in [0, 0.1) is 13.8 Å². The maximum absolute atomic E-state index is 12.7. The number of anilines is 2. The minimum absolute atomic E-state index is 0.0625. The van der Waals surface area contributed by atoms with Crippen molar-refractivity contribution in [2.24, 2.45) is 0 Å². The van der Waals surface area contributed by atoms with Crippen molar-refractivity contribution >= 4 is 23.3 Å². The summed E-state index contributed by atoms with van der Waals surface area (Å²) in [7, 11) is 0. The Bertz CT molecular complexity index is 891. The van der Waals surface area contributed by atoms with Crippen LogP contribution in [0.1, 0.15) is 17.5 Å². The highest BCUT2D eigenvalue weighted by Gasteiger charge is 2.33. The fourth-order valence-corrected chi connectivity index (χ4v) is 4.02. The van der Waals surface area contributed by atoms with Crippen LogP contribution in [0.4, 0.5) is 16.2 Å². The molecular formula is C23H28N4O2. The Hall–Kier alpha value is -3.02. The van der Waals surface area contributed by atoms with E-state index in [1.165, 1.54) is 16.8 Å². The summed E-state index contributed by atoms with van der Waals surface area (Å²) < 4.78 is 0. The van der Waals surface area contributed by atoms with Crippen LogP contribution >= 0.6 is 0 Å². The fraction of sp³-hybridized carbons (Fsp3) is 0.391. The number of aryl methyl sites for hydroxylation is 2. The van der Waals surface area contributed by atoms with Gasteiger partial charge in [-0.2, -0.15) is 0 Å². The minimum atomic E-state index is -0.149. The predicted octanol–water partition coefficient (Wildman–Crippen LogP) is 2.94. The zero-order valence-electron chi connectivity index (χ0n) is 17.1. The first-order chi connectivity index (χ1) is 14.0. The van der Waals surface area contributed by atoms with Gasteiger partial charge in [-0.1, -0.05) is 24.3 Å². The molecule has 2 aromatic rings. The van der Waals surface area contributed by atoms with Crippen molar-refractivity contribution < 1.29 is 9.59 Å². The smallest absolute Gasteiger partial charge is 0.317 e. The van der Waals surface area contributed by atoms with E-state index in [1.807, 2.05) is 48.2 Å². The predicted molar refractivity (Wildman–Crippen MR) is 115 cm³/mol. The van der Waals surface area contributed by atoms with Gasteiger partial charge in [0.15, 0.2) is 0 Å². The Morgan fingerprint density at radius 1 is 0.931 bits per heavy atom. The number of para-hydroxylation sites is 1. The molecule has 0 saturated carbocycles. The van der Waals surface area contributed by atoms with E-state index < -0.39 is 0 Å². The third kappa shape index (κ3) is 4.21. The van der Waals surface area contributed by atoms with Crippen LogP contribution in [0.3, 0.4) is 0 Å². The zero-order chi connectivity index (χ0) is 20.4. The summed E-state index contributed by atoms with van der Waals surface area (Å²) >= 11 is 0. The number of piperazine rings is 1. The van der Waals surface area contributed by atoms with Gasteiger partial charge in [-0.3, -0.25) is 4.79 Å². The fourth-order valence-electron chi connectivity index (χ4n) is 4.02. The summed E-state index contributed by atoms with van der Waals surface area (Å²) in [5.74, 6) is 0.0625. The van der Waals surface area contributed by atoms with Gasteiger partial charge in [0.1, 0.15) is 0 Å². The zero-order valence-corrected chi connectivity index (χ0v) is 17.1. The molecule has 2 aliphatic rings. The van der Waals surface area contributed by atoms with Crippen LogP contribution in [0.5, 0.6) is 0 Å². The minimum Gasteiger partial charge on any atom is -0.368 e. The van der Waals surface area contributed by atoms with Crippen molar-refractivity contribution in [2.75, 3.05) is 42.5 Å². The highest BCUT2D eigenvalue weighted by molar-refractivity contribution is 5.97. The molecule has 3 amide bonds. The van der Waals surface area contributed by atoms with Crippen molar-refractivity contribution in [3.8, 4) is 0 Å². The number of rotatable bonds is 3. The van der Waals surface area contributed by atoms with E-state index in [9.17, 15) is 9.59 Å². The first-order valence-electron chi connectivity index (χ1n) is 10.2. The van der Waals surface area contributed by atoms with Crippen molar-refractivity contribution in [3.63, 3.8) is 0 Å². The lowest BCUT2D eigenvalue weighted by molar-refractivity contribution is -0.117.